The largest absolute Gasteiger partial charge is 0.456 e. The van der Waals surface area contributed by atoms with Gasteiger partial charge in [0.25, 0.3) is 0 Å². The van der Waals surface area contributed by atoms with Gasteiger partial charge >= 0.3 is 0 Å². The Balaban J connectivity index is 2.34. The molecule has 0 unspecified atom stereocenters. The predicted octanol–water partition coefficient (Wildman–Crippen LogP) is 2.64. The van der Waals surface area contributed by atoms with Crippen molar-refractivity contribution in [3.05, 3.63) is 47.8 Å². The zero-order valence-corrected chi connectivity index (χ0v) is 9.34. The van der Waals surface area contributed by atoms with Gasteiger partial charge in [0.05, 0.1) is 5.56 Å². The minimum absolute atomic E-state index is 0.416. The lowest BCUT2D eigenvalue weighted by Crippen LogP contribution is -1.92. The van der Waals surface area contributed by atoms with Gasteiger partial charge in [0, 0.05) is 23.6 Å². The summed E-state index contributed by atoms with van der Waals surface area (Å²) in [4.78, 5) is 4.07. The van der Waals surface area contributed by atoms with E-state index in [1.807, 2.05) is 6.92 Å². The van der Waals surface area contributed by atoms with Crippen molar-refractivity contribution in [3.8, 4) is 17.6 Å². The number of nitriles is 1. The third-order valence-electron chi connectivity index (χ3n) is 2.22. The summed E-state index contributed by atoms with van der Waals surface area (Å²) in [5.41, 5.74) is 7.42. The van der Waals surface area contributed by atoms with Crippen LogP contribution in [0.5, 0.6) is 11.5 Å². The molecule has 0 fully saturated rings. The average Bonchev–Trinajstić information content (AvgIpc) is 2.31. The molecule has 1 aromatic heterocycles. The number of nitrogens with two attached hydrogens (primary N) is 1. The lowest BCUT2D eigenvalue weighted by atomic mass is 10.2. The van der Waals surface area contributed by atoms with Crippen LogP contribution in [0.4, 0.5) is 5.69 Å². The lowest BCUT2D eigenvalue weighted by molar-refractivity contribution is 0.480. The molecule has 2 aromatic rings. The molecule has 0 aliphatic rings. The Labute approximate surface area is 99.3 Å². The van der Waals surface area contributed by atoms with E-state index in [0.29, 0.717) is 22.7 Å². The van der Waals surface area contributed by atoms with E-state index in [0.717, 1.165) is 5.69 Å². The monoisotopic (exact) mass is 225 g/mol. The molecule has 17 heavy (non-hydrogen) atoms. The molecule has 0 aliphatic carbocycles. The summed E-state index contributed by atoms with van der Waals surface area (Å²) in [6.45, 7) is 1.88. The quantitative estimate of drug-likeness (QED) is 0.797. The van der Waals surface area contributed by atoms with Crippen molar-refractivity contribution >= 4 is 5.69 Å². The van der Waals surface area contributed by atoms with Gasteiger partial charge in [-0.25, -0.2) is 0 Å². The molecule has 4 nitrogen and oxygen atoms in total. The zero-order valence-electron chi connectivity index (χ0n) is 9.34. The Morgan fingerprint density at radius 1 is 1.29 bits per heavy atom. The maximum atomic E-state index is 8.98. The third-order valence-corrected chi connectivity index (χ3v) is 2.22. The molecule has 2 N–H and O–H groups in total. The molecule has 4 heteroatoms. The first kappa shape index (κ1) is 11.0. The molecule has 84 valence electrons. The van der Waals surface area contributed by atoms with Gasteiger partial charge < -0.3 is 10.5 Å². The van der Waals surface area contributed by atoms with E-state index < -0.39 is 0 Å². The van der Waals surface area contributed by atoms with E-state index >= 15 is 0 Å². The SMILES string of the molecule is Cc1cc(Oc2ccc(N)cc2C#N)ccn1. The van der Waals surface area contributed by atoms with Crippen LogP contribution < -0.4 is 10.5 Å². The van der Waals surface area contributed by atoms with Crippen molar-refractivity contribution < 1.29 is 4.74 Å². The second-order valence-electron chi connectivity index (χ2n) is 3.60. The fourth-order valence-electron chi connectivity index (χ4n) is 1.43. The van der Waals surface area contributed by atoms with Crippen molar-refractivity contribution in [2.75, 3.05) is 5.73 Å². The number of nitrogens with zero attached hydrogens (tertiary/aromatic N) is 2. The number of anilines is 1. The predicted molar refractivity (Wildman–Crippen MR) is 64.6 cm³/mol. The Morgan fingerprint density at radius 2 is 2.12 bits per heavy atom. The molecule has 0 amide bonds. The molecule has 2 rings (SSSR count). The summed E-state index contributed by atoms with van der Waals surface area (Å²) in [5, 5.41) is 8.98. The summed E-state index contributed by atoms with van der Waals surface area (Å²) in [6.07, 6.45) is 1.66. The highest BCUT2D eigenvalue weighted by atomic mass is 16.5. The highest BCUT2D eigenvalue weighted by Gasteiger charge is 2.05. The van der Waals surface area contributed by atoms with Crippen molar-refractivity contribution in [2.24, 2.45) is 0 Å². The fourth-order valence-corrected chi connectivity index (χ4v) is 1.43. The van der Waals surface area contributed by atoms with Gasteiger partial charge in [-0.05, 0) is 31.2 Å². The Morgan fingerprint density at radius 3 is 2.82 bits per heavy atom. The number of pyridine rings is 1. The summed E-state index contributed by atoms with van der Waals surface area (Å²) >= 11 is 0. The van der Waals surface area contributed by atoms with Crippen LogP contribution in [0.3, 0.4) is 0 Å². The van der Waals surface area contributed by atoms with E-state index in [1.165, 1.54) is 0 Å². The molecule has 1 heterocycles. The van der Waals surface area contributed by atoms with Gasteiger partial charge in [0.2, 0.25) is 0 Å². The maximum Gasteiger partial charge on any atom is 0.145 e. The van der Waals surface area contributed by atoms with E-state index in [1.54, 1.807) is 36.5 Å². The van der Waals surface area contributed by atoms with Gasteiger partial charge in [-0.15, -0.1) is 0 Å². The van der Waals surface area contributed by atoms with Gasteiger partial charge in [0.15, 0.2) is 0 Å². The second-order valence-corrected chi connectivity index (χ2v) is 3.60. The van der Waals surface area contributed by atoms with Gasteiger partial charge in [-0.1, -0.05) is 0 Å². The van der Waals surface area contributed by atoms with Crippen LogP contribution in [0.25, 0.3) is 0 Å². The van der Waals surface area contributed by atoms with Crippen LogP contribution in [0.15, 0.2) is 36.5 Å². The molecular weight excluding hydrogens is 214 g/mol. The summed E-state index contributed by atoms with van der Waals surface area (Å²) in [6, 6.07) is 10.6. The highest BCUT2D eigenvalue weighted by Crippen LogP contribution is 2.26. The van der Waals surface area contributed by atoms with Crippen LogP contribution in [-0.4, -0.2) is 4.98 Å². The van der Waals surface area contributed by atoms with Crippen LogP contribution in [0.1, 0.15) is 11.3 Å². The Kier molecular flexibility index (Phi) is 2.93. The topological polar surface area (TPSA) is 71.9 Å². The van der Waals surface area contributed by atoms with Gasteiger partial charge in [-0.2, -0.15) is 5.26 Å². The molecule has 1 aromatic carbocycles. The molecular formula is C13H11N3O. The van der Waals surface area contributed by atoms with Crippen molar-refractivity contribution in [2.45, 2.75) is 6.92 Å². The Bertz CT molecular complexity index is 587. The Hall–Kier alpha value is -2.54. The standard InChI is InChI=1S/C13H11N3O/c1-9-6-12(4-5-16-9)17-13-3-2-11(15)7-10(13)8-14/h2-7H,15H2,1H3. The van der Waals surface area contributed by atoms with Crippen LogP contribution >= 0.6 is 0 Å². The molecule has 0 bridgehead atoms. The molecule has 0 radical (unpaired) electrons. The lowest BCUT2D eigenvalue weighted by Gasteiger charge is -2.08. The molecule has 0 saturated carbocycles. The van der Waals surface area contributed by atoms with Gasteiger partial charge in [0.1, 0.15) is 17.6 Å². The van der Waals surface area contributed by atoms with Crippen molar-refractivity contribution in [3.63, 3.8) is 0 Å². The maximum absolute atomic E-state index is 8.98. The average molecular weight is 225 g/mol. The van der Waals surface area contributed by atoms with E-state index in [2.05, 4.69) is 11.1 Å². The summed E-state index contributed by atoms with van der Waals surface area (Å²) < 4.78 is 5.62. The fraction of sp³-hybridized carbons (Fsp3) is 0.0769. The summed E-state index contributed by atoms with van der Waals surface area (Å²) in [7, 11) is 0. The number of aryl methyl sites for hydroxylation is 1. The third kappa shape index (κ3) is 2.52. The molecule has 0 saturated heterocycles. The molecule has 0 spiro atoms. The minimum atomic E-state index is 0.416. The molecule has 0 aliphatic heterocycles. The van der Waals surface area contributed by atoms with Crippen LogP contribution in [0, 0.1) is 18.3 Å². The normalized spacial score (nSPS) is 9.65. The first-order chi connectivity index (χ1) is 8.19. The van der Waals surface area contributed by atoms with E-state index in [4.69, 9.17) is 15.7 Å². The van der Waals surface area contributed by atoms with Crippen LogP contribution in [0.2, 0.25) is 0 Å². The summed E-state index contributed by atoms with van der Waals surface area (Å²) in [5.74, 6) is 1.14. The number of nitrogen functional groups attached to an aromatic ring is 1. The first-order valence-corrected chi connectivity index (χ1v) is 5.09. The number of benzene rings is 1. The number of hydrogen-bond donors (Lipinski definition) is 1. The number of hydrogen-bond acceptors (Lipinski definition) is 4. The van der Waals surface area contributed by atoms with Crippen molar-refractivity contribution in [1.29, 1.82) is 5.26 Å². The van der Waals surface area contributed by atoms with Gasteiger partial charge in [-0.3, -0.25) is 4.98 Å². The van der Waals surface area contributed by atoms with Crippen LogP contribution in [-0.2, 0) is 0 Å². The smallest absolute Gasteiger partial charge is 0.145 e. The zero-order chi connectivity index (χ0) is 12.3. The highest BCUT2D eigenvalue weighted by molar-refractivity contribution is 5.54. The van der Waals surface area contributed by atoms with E-state index in [-0.39, 0.29) is 0 Å². The van der Waals surface area contributed by atoms with E-state index in [9.17, 15) is 0 Å². The first-order valence-electron chi connectivity index (χ1n) is 5.09. The van der Waals surface area contributed by atoms with Crippen molar-refractivity contribution in [1.82, 2.24) is 4.98 Å². The second kappa shape index (κ2) is 4.54. The number of ether oxygens (including phenoxy) is 1. The minimum Gasteiger partial charge on any atom is -0.456 e. The number of aromatic nitrogens is 1. The molecule has 0 atom stereocenters. The number of rotatable bonds is 2.